The molecule has 3 aromatic rings. The third kappa shape index (κ3) is 3.74. The van der Waals surface area contributed by atoms with Crippen molar-refractivity contribution in [3.8, 4) is 17.2 Å². The molecule has 1 atom stereocenters. The van der Waals surface area contributed by atoms with Crippen LogP contribution in [0.3, 0.4) is 0 Å². The van der Waals surface area contributed by atoms with E-state index >= 15 is 0 Å². The standard InChI is InChI=1S/C26H20ClNO6/c1-2-32-19-8-4-5-15(12-19)23-22(24(29)16-6-3-7-17(27)11-16)25(30)26(31)28(23)18-9-10-20-21(13-18)34-14-33-20/h3-13,23,29H,2,14H2,1H3/b24-22+. The summed E-state index contributed by atoms with van der Waals surface area (Å²) in [5, 5.41) is 11.6. The number of aliphatic hydroxyl groups is 1. The number of Topliss-reactive ketones (excluding diaryl/α,β-unsaturated/α-hetero) is 1. The lowest BCUT2D eigenvalue weighted by Gasteiger charge is -2.26. The fraction of sp³-hybridized carbons (Fsp3) is 0.154. The van der Waals surface area contributed by atoms with Crippen LogP contribution in [0.5, 0.6) is 17.2 Å². The van der Waals surface area contributed by atoms with E-state index < -0.39 is 17.7 Å². The number of carbonyl (C=O) groups is 2. The molecule has 2 heterocycles. The second-order valence-electron chi connectivity index (χ2n) is 7.72. The van der Waals surface area contributed by atoms with Crippen molar-refractivity contribution in [2.45, 2.75) is 13.0 Å². The minimum absolute atomic E-state index is 0.0430. The van der Waals surface area contributed by atoms with Crippen LogP contribution in [0.1, 0.15) is 24.1 Å². The Balaban J connectivity index is 1.71. The molecule has 172 valence electrons. The molecule has 34 heavy (non-hydrogen) atoms. The molecule has 8 heteroatoms. The maximum absolute atomic E-state index is 13.3. The summed E-state index contributed by atoms with van der Waals surface area (Å²) in [5.74, 6) is -0.281. The lowest BCUT2D eigenvalue weighted by Crippen LogP contribution is -2.29. The van der Waals surface area contributed by atoms with Crippen LogP contribution in [-0.4, -0.2) is 30.2 Å². The molecule has 1 N–H and O–H groups in total. The molecular formula is C26H20ClNO6. The van der Waals surface area contributed by atoms with Crippen molar-refractivity contribution >= 4 is 34.7 Å². The number of aliphatic hydroxyl groups excluding tert-OH is 1. The summed E-state index contributed by atoms with van der Waals surface area (Å²) < 4.78 is 16.5. The molecule has 2 aliphatic heterocycles. The zero-order valence-corrected chi connectivity index (χ0v) is 18.9. The van der Waals surface area contributed by atoms with Crippen molar-refractivity contribution in [1.29, 1.82) is 0 Å². The lowest BCUT2D eigenvalue weighted by molar-refractivity contribution is -0.132. The van der Waals surface area contributed by atoms with Crippen molar-refractivity contribution < 1.29 is 28.9 Å². The first-order valence-corrected chi connectivity index (χ1v) is 11.0. The topological polar surface area (TPSA) is 85.3 Å². The molecule has 0 aromatic heterocycles. The van der Waals surface area contributed by atoms with Gasteiger partial charge < -0.3 is 19.3 Å². The van der Waals surface area contributed by atoms with Gasteiger partial charge in [-0.05, 0) is 48.9 Å². The van der Waals surface area contributed by atoms with Crippen LogP contribution in [-0.2, 0) is 9.59 Å². The number of benzene rings is 3. The Morgan fingerprint density at radius 1 is 1.06 bits per heavy atom. The zero-order chi connectivity index (χ0) is 23.8. The first-order chi connectivity index (χ1) is 16.5. The van der Waals surface area contributed by atoms with Crippen LogP contribution in [0.25, 0.3) is 5.76 Å². The maximum atomic E-state index is 13.3. The molecule has 7 nitrogen and oxygen atoms in total. The SMILES string of the molecule is CCOc1cccc(C2/C(=C(\O)c3cccc(Cl)c3)C(=O)C(=O)N2c2ccc3c(c2)OCO3)c1. The van der Waals surface area contributed by atoms with Crippen LogP contribution in [0.15, 0.2) is 72.3 Å². The van der Waals surface area contributed by atoms with Gasteiger partial charge in [-0.2, -0.15) is 0 Å². The maximum Gasteiger partial charge on any atom is 0.300 e. The van der Waals surface area contributed by atoms with Crippen molar-refractivity contribution in [3.63, 3.8) is 0 Å². The normalized spacial score (nSPS) is 18.4. The fourth-order valence-corrected chi connectivity index (χ4v) is 4.37. The monoisotopic (exact) mass is 477 g/mol. The van der Waals surface area contributed by atoms with E-state index in [4.69, 9.17) is 25.8 Å². The average molecular weight is 478 g/mol. The van der Waals surface area contributed by atoms with E-state index in [9.17, 15) is 14.7 Å². The van der Waals surface area contributed by atoms with Gasteiger partial charge in [0.25, 0.3) is 11.7 Å². The smallest absolute Gasteiger partial charge is 0.300 e. The molecule has 0 spiro atoms. The van der Waals surface area contributed by atoms with E-state index in [0.29, 0.717) is 45.7 Å². The number of carbonyl (C=O) groups excluding carboxylic acids is 2. The minimum atomic E-state index is -0.903. The Bertz CT molecular complexity index is 1330. The Morgan fingerprint density at radius 3 is 2.65 bits per heavy atom. The van der Waals surface area contributed by atoms with Crippen LogP contribution >= 0.6 is 11.6 Å². The number of fused-ring (bicyclic) bond motifs is 1. The molecule has 1 unspecified atom stereocenters. The van der Waals surface area contributed by atoms with Gasteiger partial charge in [-0.15, -0.1) is 0 Å². The summed E-state index contributed by atoms with van der Waals surface area (Å²) in [6.45, 7) is 2.39. The van der Waals surface area contributed by atoms with Crippen LogP contribution in [0.4, 0.5) is 5.69 Å². The zero-order valence-electron chi connectivity index (χ0n) is 18.2. The number of ether oxygens (including phenoxy) is 3. The number of rotatable bonds is 5. The Labute approximate surface area is 200 Å². The highest BCUT2D eigenvalue weighted by molar-refractivity contribution is 6.51. The summed E-state index contributed by atoms with van der Waals surface area (Å²) in [4.78, 5) is 28.0. The molecule has 1 saturated heterocycles. The van der Waals surface area contributed by atoms with Gasteiger partial charge in [0.2, 0.25) is 6.79 Å². The number of hydrogen-bond acceptors (Lipinski definition) is 6. The first-order valence-electron chi connectivity index (χ1n) is 10.7. The van der Waals surface area contributed by atoms with Gasteiger partial charge in [0.05, 0.1) is 18.2 Å². The summed E-state index contributed by atoms with van der Waals surface area (Å²) >= 11 is 6.11. The van der Waals surface area contributed by atoms with Crippen molar-refractivity contribution in [3.05, 3.63) is 88.5 Å². The second-order valence-corrected chi connectivity index (χ2v) is 8.16. The number of nitrogens with zero attached hydrogens (tertiary/aromatic N) is 1. The predicted octanol–water partition coefficient (Wildman–Crippen LogP) is 5.09. The third-order valence-corrected chi connectivity index (χ3v) is 5.90. The summed E-state index contributed by atoms with van der Waals surface area (Å²) in [7, 11) is 0. The summed E-state index contributed by atoms with van der Waals surface area (Å²) in [5.41, 5.74) is 1.33. The second kappa shape index (κ2) is 8.76. The fourth-order valence-electron chi connectivity index (χ4n) is 4.18. The van der Waals surface area contributed by atoms with E-state index in [1.807, 2.05) is 6.92 Å². The van der Waals surface area contributed by atoms with E-state index in [1.165, 1.54) is 4.90 Å². The van der Waals surface area contributed by atoms with Gasteiger partial charge in [-0.3, -0.25) is 14.5 Å². The summed E-state index contributed by atoms with van der Waals surface area (Å²) in [6.07, 6.45) is 0. The molecule has 0 saturated carbocycles. The van der Waals surface area contributed by atoms with Gasteiger partial charge >= 0.3 is 0 Å². The Kier molecular flexibility index (Phi) is 5.63. The third-order valence-electron chi connectivity index (χ3n) is 5.66. The van der Waals surface area contributed by atoms with E-state index in [0.717, 1.165) is 0 Å². The molecule has 0 bridgehead atoms. The number of amides is 1. The van der Waals surface area contributed by atoms with Gasteiger partial charge in [-0.1, -0.05) is 35.9 Å². The van der Waals surface area contributed by atoms with Gasteiger partial charge in [0.1, 0.15) is 11.5 Å². The number of hydrogen-bond donors (Lipinski definition) is 1. The minimum Gasteiger partial charge on any atom is -0.507 e. The highest BCUT2D eigenvalue weighted by Gasteiger charge is 2.47. The van der Waals surface area contributed by atoms with Gasteiger partial charge in [0.15, 0.2) is 11.5 Å². The molecule has 1 amide bonds. The first kappa shape index (κ1) is 21.9. The van der Waals surface area contributed by atoms with Gasteiger partial charge in [0, 0.05) is 22.3 Å². The number of halogens is 1. The van der Waals surface area contributed by atoms with Crippen molar-refractivity contribution in [2.24, 2.45) is 0 Å². The van der Waals surface area contributed by atoms with Crippen LogP contribution < -0.4 is 19.1 Å². The van der Waals surface area contributed by atoms with Crippen LogP contribution in [0.2, 0.25) is 5.02 Å². The molecule has 1 fully saturated rings. The van der Waals surface area contributed by atoms with E-state index in [2.05, 4.69) is 0 Å². The highest BCUT2D eigenvalue weighted by Crippen LogP contribution is 2.45. The summed E-state index contributed by atoms with van der Waals surface area (Å²) in [6, 6.07) is 17.7. The van der Waals surface area contributed by atoms with Crippen molar-refractivity contribution in [1.82, 2.24) is 0 Å². The molecular weight excluding hydrogens is 458 g/mol. The number of anilines is 1. The van der Waals surface area contributed by atoms with Crippen molar-refractivity contribution in [2.75, 3.05) is 18.3 Å². The van der Waals surface area contributed by atoms with Crippen LogP contribution in [0, 0.1) is 0 Å². The molecule has 0 radical (unpaired) electrons. The largest absolute Gasteiger partial charge is 0.507 e. The van der Waals surface area contributed by atoms with E-state index in [1.54, 1.807) is 66.7 Å². The molecule has 2 aliphatic rings. The molecule has 0 aliphatic carbocycles. The molecule has 5 rings (SSSR count). The Hall–Kier alpha value is -3.97. The Morgan fingerprint density at radius 2 is 1.85 bits per heavy atom. The lowest BCUT2D eigenvalue weighted by atomic mass is 9.95. The highest BCUT2D eigenvalue weighted by atomic mass is 35.5. The number of ketones is 1. The van der Waals surface area contributed by atoms with Gasteiger partial charge in [-0.25, -0.2) is 0 Å². The van der Waals surface area contributed by atoms with E-state index in [-0.39, 0.29) is 18.1 Å². The quantitative estimate of drug-likeness (QED) is 0.313. The molecule has 3 aromatic carbocycles. The average Bonchev–Trinajstić information content (AvgIpc) is 3.41. The predicted molar refractivity (Wildman–Crippen MR) is 126 cm³/mol.